The molecule has 0 aliphatic heterocycles. The van der Waals surface area contributed by atoms with Crippen LogP contribution in [0.1, 0.15) is 56.3 Å². The van der Waals surface area contributed by atoms with E-state index in [4.69, 9.17) is 4.74 Å². The number of carbonyl (C=O) groups is 1. The van der Waals surface area contributed by atoms with Crippen LogP contribution in [0.15, 0.2) is 18.2 Å². The molecule has 0 bridgehead atoms. The van der Waals surface area contributed by atoms with Crippen molar-refractivity contribution in [1.82, 2.24) is 5.32 Å². The van der Waals surface area contributed by atoms with E-state index in [0.717, 1.165) is 24.0 Å². The first kappa shape index (κ1) is 15.8. The van der Waals surface area contributed by atoms with Gasteiger partial charge in [0.25, 0.3) is 5.91 Å². The lowest BCUT2D eigenvalue weighted by Crippen LogP contribution is -2.39. The molecule has 0 saturated heterocycles. The number of aliphatic hydroxyl groups is 1. The molecule has 2 rings (SSSR count). The summed E-state index contributed by atoms with van der Waals surface area (Å²) in [6.07, 6.45) is 5.34. The Kier molecular flexibility index (Phi) is 5.62. The zero-order valence-electron chi connectivity index (χ0n) is 12.9. The molecule has 1 aromatic rings. The second-order valence-electron chi connectivity index (χ2n) is 5.89. The van der Waals surface area contributed by atoms with E-state index in [2.05, 4.69) is 5.32 Å². The van der Waals surface area contributed by atoms with E-state index in [1.807, 2.05) is 25.1 Å². The molecule has 0 spiro atoms. The van der Waals surface area contributed by atoms with E-state index in [0.29, 0.717) is 11.8 Å². The highest BCUT2D eigenvalue weighted by Gasteiger charge is 2.16. The summed E-state index contributed by atoms with van der Waals surface area (Å²) in [4.78, 5) is 11.9. The number of amides is 1. The maximum absolute atomic E-state index is 11.9. The Morgan fingerprint density at radius 1 is 1.38 bits per heavy atom. The Balaban J connectivity index is 1.83. The van der Waals surface area contributed by atoms with Crippen LogP contribution in [-0.4, -0.2) is 23.7 Å². The normalized spacial score (nSPS) is 17.3. The fourth-order valence-electron chi connectivity index (χ4n) is 2.75. The number of rotatable bonds is 5. The van der Waals surface area contributed by atoms with Crippen LogP contribution in [0.25, 0.3) is 0 Å². The van der Waals surface area contributed by atoms with Crippen molar-refractivity contribution in [3.63, 3.8) is 0 Å². The van der Waals surface area contributed by atoms with Gasteiger partial charge in [0.05, 0.1) is 6.10 Å². The summed E-state index contributed by atoms with van der Waals surface area (Å²) >= 11 is 0. The van der Waals surface area contributed by atoms with Crippen molar-refractivity contribution in [2.75, 3.05) is 6.61 Å². The molecule has 1 aliphatic carbocycles. The van der Waals surface area contributed by atoms with Gasteiger partial charge in [-0.25, -0.2) is 0 Å². The van der Waals surface area contributed by atoms with Crippen LogP contribution in [0.5, 0.6) is 5.75 Å². The van der Waals surface area contributed by atoms with E-state index in [9.17, 15) is 9.90 Å². The van der Waals surface area contributed by atoms with Crippen LogP contribution in [0.4, 0.5) is 0 Å². The smallest absolute Gasteiger partial charge is 0.258 e. The van der Waals surface area contributed by atoms with Crippen molar-refractivity contribution in [2.45, 2.75) is 58.1 Å². The number of hydrogen-bond acceptors (Lipinski definition) is 3. The number of benzene rings is 1. The van der Waals surface area contributed by atoms with Crippen molar-refractivity contribution in [3.05, 3.63) is 29.3 Å². The monoisotopic (exact) mass is 291 g/mol. The molecule has 1 fully saturated rings. The van der Waals surface area contributed by atoms with Gasteiger partial charge in [0.1, 0.15) is 5.75 Å². The summed E-state index contributed by atoms with van der Waals surface area (Å²) in [5.41, 5.74) is 1.78. The molecule has 0 aromatic heterocycles. The van der Waals surface area contributed by atoms with Gasteiger partial charge >= 0.3 is 0 Å². The number of aryl methyl sites for hydroxylation is 1. The zero-order valence-corrected chi connectivity index (χ0v) is 12.9. The number of carbonyl (C=O) groups excluding carboxylic acids is 1. The van der Waals surface area contributed by atoms with Crippen LogP contribution in [-0.2, 0) is 4.79 Å². The van der Waals surface area contributed by atoms with Gasteiger partial charge in [-0.05, 0) is 49.9 Å². The summed E-state index contributed by atoms with van der Waals surface area (Å²) < 4.78 is 5.58. The molecule has 21 heavy (non-hydrogen) atoms. The zero-order chi connectivity index (χ0) is 15.2. The Bertz CT molecular complexity index is 479. The second-order valence-corrected chi connectivity index (χ2v) is 5.89. The summed E-state index contributed by atoms with van der Waals surface area (Å²) in [6, 6.07) is 5.84. The predicted molar refractivity (Wildman–Crippen MR) is 82.3 cm³/mol. The first-order chi connectivity index (χ1) is 10.1. The highest BCUT2D eigenvalue weighted by molar-refractivity contribution is 5.77. The van der Waals surface area contributed by atoms with E-state index < -0.39 is 6.10 Å². The third kappa shape index (κ3) is 4.74. The molecule has 0 radical (unpaired) electrons. The number of nitrogens with one attached hydrogen (secondary N) is 1. The molecule has 1 aromatic carbocycles. The molecule has 4 nitrogen and oxygen atoms in total. The van der Waals surface area contributed by atoms with Gasteiger partial charge in [-0.3, -0.25) is 4.79 Å². The van der Waals surface area contributed by atoms with Crippen LogP contribution < -0.4 is 10.1 Å². The topological polar surface area (TPSA) is 58.6 Å². The highest BCUT2D eigenvalue weighted by atomic mass is 16.5. The third-order valence-electron chi connectivity index (χ3n) is 4.01. The minimum Gasteiger partial charge on any atom is -0.484 e. The van der Waals surface area contributed by atoms with Gasteiger partial charge in [0.2, 0.25) is 0 Å². The molecule has 1 saturated carbocycles. The Hall–Kier alpha value is -1.55. The SMILES string of the molecule is Cc1cc([C@H](C)O)ccc1OCC(=O)NC1CCCCC1. The summed E-state index contributed by atoms with van der Waals surface area (Å²) in [6.45, 7) is 3.69. The molecule has 0 unspecified atom stereocenters. The maximum atomic E-state index is 11.9. The van der Waals surface area contributed by atoms with E-state index in [-0.39, 0.29) is 12.5 Å². The van der Waals surface area contributed by atoms with Crippen molar-refractivity contribution in [2.24, 2.45) is 0 Å². The molecule has 0 heterocycles. The Labute approximate surface area is 126 Å². The van der Waals surface area contributed by atoms with Crippen LogP contribution in [0.2, 0.25) is 0 Å². The van der Waals surface area contributed by atoms with Crippen LogP contribution in [0, 0.1) is 6.92 Å². The average Bonchev–Trinajstić information content (AvgIpc) is 2.47. The van der Waals surface area contributed by atoms with Gasteiger partial charge in [-0.2, -0.15) is 0 Å². The molecule has 1 atom stereocenters. The average molecular weight is 291 g/mol. The van der Waals surface area contributed by atoms with Crippen LogP contribution in [0.3, 0.4) is 0 Å². The van der Waals surface area contributed by atoms with Gasteiger partial charge in [-0.15, -0.1) is 0 Å². The predicted octanol–water partition coefficient (Wildman–Crippen LogP) is 2.88. The second kappa shape index (κ2) is 7.46. The van der Waals surface area contributed by atoms with Gasteiger partial charge in [0, 0.05) is 6.04 Å². The van der Waals surface area contributed by atoms with Crippen LogP contribution >= 0.6 is 0 Å². The largest absolute Gasteiger partial charge is 0.484 e. The van der Waals surface area contributed by atoms with Gasteiger partial charge in [0.15, 0.2) is 6.61 Å². The molecular weight excluding hydrogens is 266 g/mol. The lowest BCUT2D eigenvalue weighted by atomic mass is 9.95. The fraction of sp³-hybridized carbons (Fsp3) is 0.588. The first-order valence-corrected chi connectivity index (χ1v) is 7.77. The highest BCUT2D eigenvalue weighted by Crippen LogP contribution is 2.22. The maximum Gasteiger partial charge on any atom is 0.258 e. The standard InChI is InChI=1S/C17H25NO3/c1-12-10-14(13(2)19)8-9-16(12)21-11-17(20)18-15-6-4-3-5-7-15/h8-10,13,15,19H,3-7,11H2,1-2H3,(H,18,20)/t13-/m0/s1. The lowest BCUT2D eigenvalue weighted by Gasteiger charge is -2.22. The summed E-state index contributed by atoms with van der Waals surface area (Å²) in [5.74, 6) is 0.638. The van der Waals surface area contributed by atoms with E-state index >= 15 is 0 Å². The molecule has 1 amide bonds. The van der Waals surface area contributed by atoms with E-state index in [1.165, 1.54) is 19.3 Å². The fourth-order valence-corrected chi connectivity index (χ4v) is 2.75. The number of hydrogen-bond donors (Lipinski definition) is 2. The molecular formula is C17H25NO3. The Morgan fingerprint density at radius 2 is 2.10 bits per heavy atom. The van der Waals surface area contributed by atoms with Gasteiger partial charge < -0.3 is 15.2 Å². The minimum atomic E-state index is -0.493. The first-order valence-electron chi connectivity index (χ1n) is 7.77. The molecule has 4 heteroatoms. The lowest BCUT2D eigenvalue weighted by molar-refractivity contribution is -0.124. The van der Waals surface area contributed by atoms with Crippen molar-refractivity contribution < 1.29 is 14.6 Å². The summed E-state index contributed by atoms with van der Waals surface area (Å²) in [7, 11) is 0. The third-order valence-corrected chi connectivity index (χ3v) is 4.01. The summed E-state index contributed by atoms with van der Waals surface area (Å²) in [5, 5.41) is 12.6. The number of ether oxygens (including phenoxy) is 1. The van der Waals surface area contributed by atoms with Gasteiger partial charge in [-0.1, -0.05) is 25.3 Å². The van der Waals surface area contributed by atoms with Crippen molar-refractivity contribution in [3.8, 4) is 5.75 Å². The van der Waals surface area contributed by atoms with E-state index in [1.54, 1.807) is 6.92 Å². The molecule has 1 aliphatic rings. The van der Waals surface area contributed by atoms with Crippen molar-refractivity contribution in [1.29, 1.82) is 0 Å². The van der Waals surface area contributed by atoms with Crippen molar-refractivity contribution >= 4 is 5.91 Å². The molecule has 2 N–H and O–H groups in total. The minimum absolute atomic E-state index is 0.0470. The molecule has 116 valence electrons. The quantitative estimate of drug-likeness (QED) is 0.877. The Morgan fingerprint density at radius 3 is 2.71 bits per heavy atom. The number of aliphatic hydroxyl groups excluding tert-OH is 1.